The van der Waals surface area contributed by atoms with Crippen molar-refractivity contribution < 1.29 is 14.3 Å². The standard InChI is InChI=1S/C19H27NO3/c1-13-10-15-12-17(23-14(2)21)16-6-4-8-20(3)9-5-7-19(15,16)18(22)11-13/h6,11,15,17H,4-5,7-10,12H2,1-3H3/t15-,17-,19-/m0/s1. The molecule has 4 nitrogen and oxygen atoms in total. The van der Waals surface area contributed by atoms with Gasteiger partial charge in [-0.15, -0.1) is 0 Å². The molecule has 1 spiro atoms. The maximum absolute atomic E-state index is 13.1. The highest BCUT2D eigenvalue weighted by Crippen LogP contribution is 2.57. The molecule has 0 aromatic heterocycles. The Bertz CT molecular complexity index is 577. The Labute approximate surface area is 138 Å². The molecule has 0 aromatic carbocycles. The van der Waals surface area contributed by atoms with Gasteiger partial charge in [0, 0.05) is 13.5 Å². The second-order valence-corrected chi connectivity index (χ2v) is 7.42. The zero-order chi connectivity index (χ0) is 16.6. The summed E-state index contributed by atoms with van der Waals surface area (Å²) in [6.07, 6.45) is 8.33. The number of allylic oxidation sites excluding steroid dienone is 2. The van der Waals surface area contributed by atoms with Gasteiger partial charge in [-0.2, -0.15) is 0 Å². The molecular formula is C19H27NO3. The van der Waals surface area contributed by atoms with Gasteiger partial charge >= 0.3 is 5.97 Å². The highest BCUT2D eigenvalue weighted by molar-refractivity contribution is 5.99. The zero-order valence-corrected chi connectivity index (χ0v) is 14.4. The number of ether oxygens (including phenoxy) is 1. The van der Waals surface area contributed by atoms with Crippen molar-refractivity contribution in [2.75, 3.05) is 20.1 Å². The third-order valence-electron chi connectivity index (χ3n) is 5.74. The van der Waals surface area contributed by atoms with Gasteiger partial charge in [-0.1, -0.05) is 11.6 Å². The van der Waals surface area contributed by atoms with Crippen LogP contribution in [0.4, 0.5) is 0 Å². The molecule has 0 aromatic rings. The van der Waals surface area contributed by atoms with Crippen molar-refractivity contribution in [1.82, 2.24) is 4.90 Å². The number of ketones is 1. The Morgan fingerprint density at radius 1 is 1.39 bits per heavy atom. The van der Waals surface area contributed by atoms with Crippen LogP contribution in [-0.2, 0) is 14.3 Å². The summed E-state index contributed by atoms with van der Waals surface area (Å²) in [5, 5.41) is 0. The van der Waals surface area contributed by atoms with Gasteiger partial charge in [0.1, 0.15) is 6.10 Å². The highest BCUT2D eigenvalue weighted by atomic mass is 16.5. The number of esters is 1. The van der Waals surface area contributed by atoms with E-state index in [1.165, 1.54) is 6.92 Å². The quantitative estimate of drug-likeness (QED) is 0.551. The number of carbonyl (C=O) groups excluding carboxylic acids is 2. The first kappa shape index (κ1) is 16.4. The third kappa shape index (κ3) is 2.89. The molecule has 0 N–H and O–H groups in total. The number of hydrogen-bond donors (Lipinski definition) is 0. The number of carbonyl (C=O) groups is 2. The van der Waals surface area contributed by atoms with Gasteiger partial charge < -0.3 is 9.64 Å². The second kappa shape index (κ2) is 6.23. The van der Waals surface area contributed by atoms with E-state index in [-0.39, 0.29) is 23.8 Å². The fourth-order valence-electron chi connectivity index (χ4n) is 4.79. The van der Waals surface area contributed by atoms with Gasteiger partial charge in [0.2, 0.25) is 0 Å². The minimum atomic E-state index is -0.426. The highest BCUT2D eigenvalue weighted by Gasteiger charge is 2.57. The Kier molecular flexibility index (Phi) is 4.45. The molecule has 4 heteroatoms. The van der Waals surface area contributed by atoms with E-state index in [0.717, 1.165) is 56.3 Å². The van der Waals surface area contributed by atoms with Crippen molar-refractivity contribution in [2.45, 2.75) is 52.1 Å². The van der Waals surface area contributed by atoms with Crippen LogP contribution in [0, 0.1) is 11.3 Å². The first-order chi connectivity index (χ1) is 10.9. The predicted octanol–water partition coefficient (Wildman–Crippen LogP) is 2.89. The van der Waals surface area contributed by atoms with E-state index in [9.17, 15) is 9.59 Å². The van der Waals surface area contributed by atoms with Crippen molar-refractivity contribution in [3.05, 3.63) is 23.3 Å². The molecular weight excluding hydrogens is 290 g/mol. The maximum Gasteiger partial charge on any atom is 0.303 e. The average Bonchev–Trinajstić information content (AvgIpc) is 2.76. The maximum atomic E-state index is 13.1. The Hall–Kier alpha value is -1.42. The lowest BCUT2D eigenvalue weighted by Crippen LogP contribution is -2.39. The predicted molar refractivity (Wildman–Crippen MR) is 88.9 cm³/mol. The molecule has 1 heterocycles. The molecule has 3 rings (SSSR count). The lowest BCUT2D eigenvalue weighted by molar-refractivity contribution is -0.144. The fourth-order valence-corrected chi connectivity index (χ4v) is 4.79. The van der Waals surface area contributed by atoms with Crippen molar-refractivity contribution in [3.63, 3.8) is 0 Å². The number of hydrogen-bond acceptors (Lipinski definition) is 4. The molecule has 1 fully saturated rings. The van der Waals surface area contributed by atoms with Gasteiger partial charge in [-0.25, -0.2) is 0 Å². The van der Waals surface area contributed by atoms with Crippen LogP contribution in [0.5, 0.6) is 0 Å². The summed E-state index contributed by atoms with van der Waals surface area (Å²) < 4.78 is 5.62. The van der Waals surface area contributed by atoms with Crippen molar-refractivity contribution in [1.29, 1.82) is 0 Å². The topological polar surface area (TPSA) is 46.6 Å². The van der Waals surface area contributed by atoms with Gasteiger partial charge in [-0.05, 0) is 70.2 Å². The normalized spacial score (nSPS) is 35.2. The van der Waals surface area contributed by atoms with Crippen molar-refractivity contribution >= 4 is 11.8 Å². The first-order valence-electron chi connectivity index (χ1n) is 8.71. The van der Waals surface area contributed by atoms with Gasteiger partial charge in [0.05, 0.1) is 5.41 Å². The Balaban J connectivity index is 2.03. The molecule has 0 amide bonds. The van der Waals surface area contributed by atoms with Crippen LogP contribution in [0.3, 0.4) is 0 Å². The van der Waals surface area contributed by atoms with Crippen LogP contribution in [0.2, 0.25) is 0 Å². The lowest BCUT2D eigenvalue weighted by atomic mass is 9.64. The summed E-state index contributed by atoms with van der Waals surface area (Å²) >= 11 is 0. The van der Waals surface area contributed by atoms with Crippen LogP contribution in [0.15, 0.2) is 23.3 Å². The smallest absolute Gasteiger partial charge is 0.303 e. The lowest BCUT2D eigenvalue weighted by Gasteiger charge is -2.38. The fraction of sp³-hybridized carbons (Fsp3) is 0.684. The Morgan fingerprint density at radius 3 is 2.91 bits per heavy atom. The van der Waals surface area contributed by atoms with Gasteiger partial charge in [0.15, 0.2) is 5.78 Å². The van der Waals surface area contributed by atoms with E-state index in [1.54, 1.807) is 0 Å². The molecule has 0 bridgehead atoms. The number of nitrogens with zero attached hydrogens (tertiary/aromatic N) is 1. The molecule has 0 saturated heterocycles. The summed E-state index contributed by atoms with van der Waals surface area (Å²) in [4.78, 5) is 26.9. The minimum absolute atomic E-state index is 0.218. The minimum Gasteiger partial charge on any atom is -0.458 e. The van der Waals surface area contributed by atoms with Crippen LogP contribution >= 0.6 is 0 Å². The van der Waals surface area contributed by atoms with Crippen LogP contribution < -0.4 is 0 Å². The summed E-state index contributed by atoms with van der Waals surface area (Å²) in [7, 11) is 2.13. The molecule has 3 atom stereocenters. The van der Waals surface area contributed by atoms with Crippen molar-refractivity contribution in [2.24, 2.45) is 11.3 Å². The van der Waals surface area contributed by atoms with Crippen LogP contribution in [0.25, 0.3) is 0 Å². The van der Waals surface area contributed by atoms with E-state index >= 15 is 0 Å². The zero-order valence-electron chi connectivity index (χ0n) is 14.4. The van der Waals surface area contributed by atoms with Crippen LogP contribution in [-0.4, -0.2) is 42.9 Å². The van der Waals surface area contributed by atoms with E-state index in [0.29, 0.717) is 0 Å². The molecule has 126 valence electrons. The third-order valence-corrected chi connectivity index (χ3v) is 5.74. The number of rotatable bonds is 1. The SMILES string of the molecule is CC(=O)O[C@H]1C[C@@H]2CC(C)=CC(=O)[C@@]23CCCN(C)CCC=C13. The van der Waals surface area contributed by atoms with Gasteiger partial charge in [-0.3, -0.25) is 9.59 Å². The first-order valence-corrected chi connectivity index (χ1v) is 8.71. The summed E-state index contributed by atoms with van der Waals surface area (Å²) in [6.45, 7) is 5.50. The largest absolute Gasteiger partial charge is 0.458 e. The second-order valence-electron chi connectivity index (χ2n) is 7.42. The molecule has 2 aliphatic carbocycles. The van der Waals surface area contributed by atoms with Gasteiger partial charge in [0.25, 0.3) is 0 Å². The molecule has 1 saturated carbocycles. The summed E-state index contributed by atoms with van der Waals surface area (Å²) in [5.74, 6) is 0.259. The van der Waals surface area contributed by atoms with Crippen molar-refractivity contribution in [3.8, 4) is 0 Å². The molecule has 0 unspecified atom stereocenters. The molecule has 23 heavy (non-hydrogen) atoms. The Morgan fingerprint density at radius 2 is 2.17 bits per heavy atom. The monoisotopic (exact) mass is 317 g/mol. The average molecular weight is 317 g/mol. The van der Waals surface area contributed by atoms with E-state index in [2.05, 4.69) is 18.0 Å². The van der Waals surface area contributed by atoms with E-state index < -0.39 is 5.41 Å². The molecule has 0 radical (unpaired) electrons. The summed E-state index contributed by atoms with van der Waals surface area (Å²) in [6, 6.07) is 0. The van der Waals surface area contributed by atoms with E-state index in [4.69, 9.17) is 4.74 Å². The summed E-state index contributed by atoms with van der Waals surface area (Å²) in [5.41, 5.74) is 1.82. The van der Waals surface area contributed by atoms with Crippen LogP contribution in [0.1, 0.15) is 46.0 Å². The molecule has 3 aliphatic rings. The molecule has 1 aliphatic heterocycles. The van der Waals surface area contributed by atoms with E-state index in [1.807, 2.05) is 13.0 Å².